The highest BCUT2D eigenvalue weighted by molar-refractivity contribution is 5.71. The Morgan fingerprint density at radius 3 is 1.03 bits per heavy atom. The van der Waals surface area contributed by atoms with Crippen molar-refractivity contribution >= 4 is 17.9 Å². The zero-order valence-electron chi connectivity index (χ0n) is 43.0. The van der Waals surface area contributed by atoms with Crippen LogP contribution in [0.1, 0.15) is 194 Å². The Morgan fingerprint density at radius 2 is 0.618 bits per heavy atom. The quantitative estimate of drug-likeness (QED) is 0.0262. The Bertz CT molecular complexity index is 1590. The fourth-order valence-corrected chi connectivity index (χ4v) is 6.34. The van der Waals surface area contributed by atoms with Crippen LogP contribution in [0.25, 0.3) is 0 Å². The fourth-order valence-electron chi connectivity index (χ4n) is 6.34. The van der Waals surface area contributed by atoms with E-state index in [0.29, 0.717) is 12.8 Å². The predicted octanol–water partition coefficient (Wildman–Crippen LogP) is 17.8. The molecular formula is C62H94O6. The van der Waals surface area contributed by atoms with Gasteiger partial charge in [0.25, 0.3) is 0 Å². The molecule has 0 saturated carbocycles. The Balaban J connectivity index is 4.58. The van der Waals surface area contributed by atoms with E-state index in [1.807, 2.05) is 12.2 Å². The molecule has 0 saturated heterocycles. The monoisotopic (exact) mass is 935 g/mol. The van der Waals surface area contributed by atoms with Crippen LogP contribution in [0, 0.1) is 0 Å². The molecule has 6 nitrogen and oxygen atoms in total. The van der Waals surface area contributed by atoms with Crippen molar-refractivity contribution in [1.29, 1.82) is 0 Å². The lowest BCUT2D eigenvalue weighted by Gasteiger charge is -2.18. The zero-order chi connectivity index (χ0) is 49.3. The zero-order valence-corrected chi connectivity index (χ0v) is 43.0. The van der Waals surface area contributed by atoms with Crippen molar-refractivity contribution in [3.8, 4) is 0 Å². The molecule has 0 aliphatic carbocycles. The van der Waals surface area contributed by atoms with Crippen molar-refractivity contribution in [2.75, 3.05) is 13.2 Å². The van der Waals surface area contributed by atoms with Crippen LogP contribution in [0.2, 0.25) is 0 Å². The first-order chi connectivity index (χ1) is 33.5. The third-order valence-electron chi connectivity index (χ3n) is 10.3. The number of ether oxygens (including phenoxy) is 3. The second-order valence-electron chi connectivity index (χ2n) is 16.7. The van der Waals surface area contributed by atoms with E-state index in [0.717, 1.165) is 122 Å². The van der Waals surface area contributed by atoms with Crippen LogP contribution in [-0.4, -0.2) is 37.2 Å². The molecule has 0 aromatic rings. The van der Waals surface area contributed by atoms with E-state index in [-0.39, 0.29) is 50.4 Å². The Labute approximate surface area is 416 Å². The number of hydrogen-bond acceptors (Lipinski definition) is 6. The molecule has 0 amide bonds. The number of unbranched alkanes of at least 4 members (excludes halogenated alkanes) is 8. The average molecular weight is 935 g/mol. The van der Waals surface area contributed by atoms with E-state index in [9.17, 15) is 14.4 Å². The van der Waals surface area contributed by atoms with Gasteiger partial charge in [0.2, 0.25) is 0 Å². The molecule has 1 atom stereocenters. The molecular weight excluding hydrogens is 841 g/mol. The average Bonchev–Trinajstić information content (AvgIpc) is 3.34. The van der Waals surface area contributed by atoms with Gasteiger partial charge >= 0.3 is 17.9 Å². The molecule has 0 radical (unpaired) electrons. The minimum absolute atomic E-state index is 0.144. The van der Waals surface area contributed by atoms with Crippen molar-refractivity contribution in [1.82, 2.24) is 0 Å². The smallest absolute Gasteiger partial charge is 0.306 e. The van der Waals surface area contributed by atoms with Crippen LogP contribution in [-0.2, 0) is 28.6 Å². The lowest BCUT2D eigenvalue weighted by Crippen LogP contribution is -2.30. The molecule has 0 heterocycles. The van der Waals surface area contributed by atoms with Crippen molar-refractivity contribution < 1.29 is 28.6 Å². The molecule has 0 aromatic carbocycles. The third-order valence-corrected chi connectivity index (χ3v) is 10.3. The van der Waals surface area contributed by atoms with Gasteiger partial charge in [-0.25, -0.2) is 0 Å². The summed E-state index contributed by atoms with van der Waals surface area (Å²) in [6, 6.07) is 0. The molecule has 0 N–H and O–H groups in total. The molecule has 68 heavy (non-hydrogen) atoms. The van der Waals surface area contributed by atoms with Gasteiger partial charge in [-0.15, -0.1) is 0 Å². The second kappa shape index (κ2) is 54.6. The summed E-state index contributed by atoms with van der Waals surface area (Å²) in [6.07, 6.45) is 79.6. The molecule has 0 aromatic heterocycles. The minimum Gasteiger partial charge on any atom is -0.462 e. The maximum Gasteiger partial charge on any atom is 0.306 e. The van der Waals surface area contributed by atoms with E-state index >= 15 is 0 Å². The normalized spacial score (nSPS) is 13.4. The van der Waals surface area contributed by atoms with Crippen LogP contribution in [0.15, 0.2) is 158 Å². The summed E-state index contributed by atoms with van der Waals surface area (Å²) in [7, 11) is 0. The van der Waals surface area contributed by atoms with Gasteiger partial charge in [0.05, 0.1) is 0 Å². The van der Waals surface area contributed by atoms with E-state index in [4.69, 9.17) is 14.2 Å². The maximum atomic E-state index is 12.8. The standard InChI is InChI=1S/C62H94O6/c1-4-7-10-13-16-19-22-25-27-28-29-30-31-32-33-34-35-38-40-43-46-49-52-55-61(64)67-58-59(57-66-60(63)54-51-48-45-42-39-36-24-21-18-15-12-9-6-3)68-62(65)56-53-50-47-44-41-37-26-23-20-17-14-11-8-5-2/h7,9-10,12,14,16-19,21,23,25-27,29-30,32-33,35-36,38-39,43,45-46,48,59H,4-6,8,11,13,15,20,22,24,28,31,34,37,40-42,44,47,49-58H2,1-3H3/b10-7-,12-9-,17-14-,19-16-,21-18-,26-23-,27-25-,30-29-,33-32-,38-35-,39-36-,46-43-,48-45-. The summed E-state index contributed by atoms with van der Waals surface area (Å²) in [6.45, 7) is 6.21. The summed E-state index contributed by atoms with van der Waals surface area (Å²) in [5.41, 5.74) is 0. The highest BCUT2D eigenvalue weighted by Crippen LogP contribution is 2.11. The summed E-state index contributed by atoms with van der Waals surface area (Å²) in [4.78, 5) is 38.0. The van der Waals surface area contributed by atoms with Gasteiger partial charge in [0.1, 0.15) is 13.2 Å². The number of rotatable bonds is 45. The lowest BCUT2D eigenvalue weighted by atomic mass is 10.1. The van der Waals surface area contributed by atoms with E-state index in [2.05, 4.69) is 167 Å². The molecule has 378 valence electrons. The van der Waals surface area contributed by atoms with Crippen LogP contribution < -0.4 is 0 Å². The van der Waals surface area contributed by atoms with E-state index in [1.54, 1.807) is 0 Å². The lowest BCUT2D eigenvalue weighted by molar-refractivity contribution is -0.166. The van der Waals surface area contributed by atoms with Crippen LogP contribution in [0.3, 0.4) is 0 Å². The maximum absolute atomic E-state index is 12.8. The van der Waals surface area contributed by atoms with E-state index < -0.39 is 6.10 Å². The summed E-state index contributed by atoms with van der Waals surface area (Å²) in [5.74, 6) is -1.11. The summed E-state index contributed by atoms with van der Waals surface area (Å²) < 4.78 is 16.7. The highest BCUT2D eigenvalue weighted by atomic mass is 16.6. The van der Waals surface area contributed by atoms with Gasteiger partial charge in [-0.1, -0.05) is 211 Å². The molecule has 0 aliphatic heterocycles. The third kappa shape index (κ3) is 52.0. The predicted molar refractivity (Wildman–Crippen MR) is 292 cm³/mol. The van der Waals surface area contributed by atoms with Gasteiger partial charge < -0.3 is 14.2 Å². The Hall–Kier alpha value is -4.97. The van der Waals surface area contributed by atoms with E-state index in [1.165, 1.54) is 19.3 Å². The Kier molecular flexibility index (Phi) is 50.6. The topological polar surface area (TPSA) is 78.9 Å². The van der Waals surface area contributed by atoms with Crippen molar-refractivity contribution in [3.63, 3.8) is 0 Å². The first kappa shape index (κ1) is 63.0. The molecule has 1 unspecified atom stereocenters. The van der Waals surface area contributed by atoms with Gasteiger partial charge in [-0.3, -0.25) is 14.4 Å². The van der Waals surface area contributed by atoms with Crippen LogP contribution in [0.4, 0.5) is 0 Å². The number of carbonyl (C=O) groups excluding carboxylic acids is 3. The van der Waals surface area contributed by atoms with Gasteiger partial charge in [-0.05, 0) is 122 Å². The van der Waals surface area contributed by atoms with Gasteiger partial charge in [0.15, 0.2) is 6.10 Å². The first-order valence-electron chi connectivity index (χ1n) is 26.5. The van der Waals surface area contributed by atoms with Gasteiger partial charge in [0, 0.05) is 19.3 Å². The first-order valence-corrected chi connectivity index (χ1v) is 26.5. The SMILES string of the molecule is CC/C=C\C/C=C\C/C=C\C/C=C\C/C=C\C/C=C\C/C=C\CCCC(=O)OCC(COC(=O)CC/C=C\C/C=C\C/C=C\C/C=C\CC)OC(=O)CCCCCCC/C=C\C/C=C\CCCC. The number of hydrogen-bond donors (Lipinski definition) is 0. The van der Waals surface area contributed by atoms with Crippen LogP contribution >= 0.6 is 0 Å². The molecule has 0 spiro atoms. The Morgan fingerprint density at radius 1 is 0.309 bits per heavy atom. The number of carbonyl (C=O) groups is 3. The minimum atomic E-state index is -0.845. The van der Waals surface area contributed by atoms with Crippen LogP contribution in [0.5, 0.6) is 0 Å². The molecule has 0 bridgehead atoms. The van der Waals surface area contributed by atoms with Crippen molar-refractivity contribution in [2.45, 2.75) is 200 Å². The number of esters is 3. The largest absolute Gasteiger partial charge is 0.462 e. The molecule has 0 rings (SSSR count). The molecule has 6 heteroatoms. The molecule has 0 aliphatic rings. The van der Waals surface area contributed by atoms with Crippen molar-refractivity contribution in [2.24, 2.45) is 0 Å². The van der Waals surface area contributed by atoms with Gasteiger partial charge in [-0.2, -0.15) is 0 Å². The highest BCUT2D eigenvalue weighted by Gasteiger charge is 2.19. The number of allylic oxidation sites excluding steroid dienone is 26. The van der Waals surface area contributed by atoms with Crippen molar-refractivity contribution in [3.05, 3.63) is 158 Å². The summed E-state index contributed by atoms with van der Waals surface area (Å²) in [5, 5.41) is 0. The second-order valence-corrected chi connectivity index (χ2v) is 16.7. The molecule has 0 fully saturated rings. The fraction of sp³-hybridized carbons (Fsp3) is 0.532. The summed E-state index contributed by atoms with van der Waals surface area (Å²) >= 11 is 0.